The maximum absolute atomic E-state index is 9.20. The van der Waals surface area contributed by atoms with Crippen molar-refractivity contribution in [1.29, 1.82) is 5.26 Å². The van der Waals surface area contributed by atoms with E-state index >= 15 is 0 Å². The van der Waals surface area contributed by atoms with Crippen LogP contribution in [0.4, 0.5) is 5.69 Å². The van der Waals surface area contributed by atoms with Crippen LogP contribution < -0.4 is 5.32 Å². The van der Waals surface area contributed by atoms with Gasteiger partial charge in [0.2, 0.25) is 0 Å². The second-order valence-electron chi connectivity index (χ2n) is 5.53. The van der Waals surface area contributed by atoms with Gasteiger partial charge in [0.1, 0.15) is 6.07 Å². The Morgan fingerprint density at radius 3 is 2.78 bits per heavy atom. The minimum absolute atomic E-state index is 0.516. The first-order valence-electron chi connectivity index (χ1n) is 6.98. The summed E-state index contributed by atoms with van der Waals surface area (Å²) in [7, 11) is 0. The second-order valence-corrected chi connectivity index (χ2v) is 5.53. The molecule has 2 nitrogen and oxygen atoms in total. The molecule has 0 heterocycles. The molecular formula is C16H22N2. The third-order valence-corrected chi connectivity index (χ3v) is 4.00. The molecule has 1 aromatic carbocycles. The molecule has 0 spiro atoms. The number of aryl methyl sites for hydroxylation is 1. The third kappa shape index (κ3) is 3.04. The van der Waals surface area contributed by atoms with Crippen LogP contribution in [0.3, 0.4) is 0 Å². The fraction of sp³-hybridized carbons (Fsp3) is 0.562. The Balaban J connectivity index is 2.15. The largest absolute Gasteiger partial charge is 0.381 e. The lowest BCUT2D eigenvalue weighted by molar-refractivity contribution is 0.456. The highest BCUT2D eigenvalue weighted by atomic mass is 14.9. The molecule has 1 saturated carbocycles. The number of nitriles is 1. The predicted octanol–water partition coefficient (Wildman–Crippen LogP) is 4.25. The number of anilines is 1. The summed E-state index contributed by atoms with van der Waals surface area (Å²) in [5.41, 5.74) is 2.92. The van der Waals surface area contributed by atoms with Crippen LogP contribution in [0.25, 0.3) is 0 Å². The van der Waals surface area contributed by atoms with E-state index < -0.39 is 0 Å². The van der Waals surface area contributed by atoms with E-state index in [2.05, 4.69) is 24.4 Å². The average Bonchev–Trinajstić information content (AvgIpc) is 2.57. The molecule has 2 unspecified atom stereocenters. The lowest BCUT2D eigenvalue weighted by Gasteiger charge is -2.24. The van der Waals surface area contributed by atoms with Crippen molar-refractivity contribution in [3.63, 3.8) is 0 Å². The molecule has 0 aliphatic heterocycles. The van der Waals surface area contributed by atoms with Gasteiger partial charge in [0.15, 0.2) is 0 Å². The highest BCUT2D eigenvalue weighted by Crippen LogP contribution is 2.27. The molecule has 1 fully saturated rings. The van der Waals surface area contributed by atoms with Gasteiger partial charge in [-0.15, -0.1) is 0 Å². The van der Waals surface area contributed by atoms with Crippen LogP contribution in [-0.4, -0.2) is 6.04 Å². The zero-order valence-electron chi connectivity index (χ0n) is 11.4. The van der Waals surface area contributed by atoms with E-state index in [0.29, 0.717) is 12.0 Å². The molecule has 1 aliphatic rings. The molecule has 96 valence electrons. The molecule has 0 amide bonds. The van der Waals surface area contributed by atoms with Crippen LogP contribution in [0.1, 0.15) is 50.2 Å². The Morgan fingerprint density at radius 1 is 1.22 bits per heavy atom. The van der Waals surface area contributed by atoms with Crippen molar-refractivity contribution >= 4 is 5.69 Å². The summed E-state index contributed by atoms with van der Waals surface area (Å²) in [4.78, 5) is 0. The Hall–Kier alpha value is -1.49. The van der Waals surface area contributed by atoms with Crippen molar-refractivity contribution in [2.75, 3.05) is 5.32 Å². The monoisotopic (exact) mass is 242 g/mol. The highest BCUT2D eigenvalue weighted by molar-refractivity contribution is 5.59. The molecule has 2 atom stereocenters. The maximum atomic E-state index is 9.20. The van der Waals surface area contributed by atoms with Crippen LogP contribution in [-0.2, 0) is 0 Å². The van der Waals surface area contributed by atoms with E-state index in [-0.39, 0.29) is 0 Å². The Morgan fingerprint density at radius 2 is 2.00 bits per heavy atom. The van der Waals surface area contributed by atoms with Crippen molar-refractivity contribution < 1.29 is 0 Å². The van der Waals surface area contributed by atoms with Crippen LogP contribution in [0.15, 0.2) is 18.2 Å². The fourth-order valence-electron chi connectivity index (χ4n) is 2.78. The first-order chi connectivity index (χ1) is 8.70. The normalized spacial score (nSPS) is 24.1. The number of hydrogen-bond donors (Lipinski definition) is 1. The van der Waals surface area contributed by atoms with Crippen LogP contribution >= 0.6 is 0 Å². The van der Waals surface area contributed by atoms with Crippen molar-refractivity contribution in [3.8, 4) is 6.07 Å². The Kier molecular flexibility index (Phi) is 4.25. The van der Waals surface area contributed by atoms with E-state index in [1.165, 1.54) is 32.1 Å². The van der Waals surface area contributed by atoms with E-state index in [1.54, 1.807) is 0 Å². The molecular weight excluding hydrogens is 220 g/mol. The van der Waals surface area contributed by atoms with Gasteiger partial charge in [-0.2, -0.15) is 5.26 Å². The summed E-state index contributed by atoms with van der Waals surface area (Å²) in [6, 6.07) is 8.89. The Labute approximate surface area is 110 Å². The minimum atomic E-state index is 0.516. The van der Waals surface area contributed by atoms with Crippen molar-refractivity contribution in [2.24, 2.45) is 5.92 Å². The van der Waals surface area contributed by atoms with Gasteiger partial charge in [-0.25, -0.2) is 0 Å². The topological polar surface area (TPSA) is 35.8 Å². The van der Waals surface area contributed by atoms with Gasteiger partial charge in [-0.05, 0) is 43.4 Å². The highest BCUT2D eigenvalue weighted by Gasteiger charge is 2.20. The molecule has 2 heteroatoms. The third-order valence-electron chi connectivity index (χ3n) is 4.00. The van der Waals surface area contributed by atoms with Gasteiger partial charge in [0.05, 0.1) is 11.3 Å². The minimum Gasteiger partial charge on any atom is -0.381 e. The van der Waals surface area contributed by atoms with Gasteiger partial charge in [0.25, 0.3) is 0 Å². The lowest BCUT2D eigenvalue weighted by Crippen LogP contribution is -2.26. The van der Waals surface area contributed by atoms with E-state index in [4.69, 9.17) is 0 Å². The van der Waals surface area contributed by atoms with Gasteiger partial charge >= 0.3 is 0 Å². The number of rotatable bonds is 2. The summed E-state index contributed by atoms with van der Waals surface area (Å²) in [6.07, 6.45) is 6.51. The lowest BCUT2D eigenvalue weighted by atomic mass is 9.96. The van der Waals surface area contributed by atoms with Crippen molar-refractivity contribution in [3.05, 3.63) is 29.3 Å². The zero-order valence-corrected chi connectivity index (χ0v) is 11.4. The zero-order chi connectivity index (χ0) is 13.0. The summed E-state index contributed by atoms with van der Waals surface area (Å²) >= 11 is 0. The fourth-order valence-corrected chi connectivity index (χ4v) is 2.78. The first-order valence-corrected chi connectivity index (χ1v) is 6.98. The number of hydrogen-bond acceptors (Lipinski definition) is 2. The molecule has 1 N–H and O–H groups in total. The van der Waals surface area contributed by atoms with E-state index in [9.17, 15) is 5.26 Å². The van der Waals surface area contributed by atoms with Crippen molar-refractivity contribution in [1.82, 2.24) is 0 Å². The van der Waals surface area contributed by atoms with Gasteiger partial charge < -0.3 is 5.32 Å². The van der Waals surface area contributed by atoms with Crippen molar-refractivity contribution in [2.45, 2.75) is 52.0 Å². The number of nitrogens with zero attached hydrogens (tertiary/aromatic N) is 1. The molecule has 0 radical (unpaired) electrons. The predicted molar refractivity (Wildman–Crippen MR) is 75.6 cm³/mol. The van der Waals surface area contributed by atoms with Crippen LogP contribution in [0.5, 0.6) is 0 Å². The standard InChI is InChI=1S/C16H22N2/c1-12-8-9-16(14(10-12)11-17)18-15-7-5-3-4-6-13(15)2/h8-10,13,15,18H,3-7H2,1-2H3. The molecule has 2 rings (SSSR count). The van der Waals surface area contributed by atoms with E-state index in [1.807, 2.05) is 19.1 Å². The summed E-state index contributed by atoms with van der Waals surface area (Å²) in [5.74, 6) is 0.695. The molecule has 1 aromatic rings. The summed E-state index contributed by atoms with van der Waals surface area (Å²) in [6.45, 7) is 4.35. The van der Waals surface area contributed by atoms with Gasteiger partial charge in [-0.1, -0.05) is 32.3 Å². The Bertz CT molecular complexity index is 445. The smallest absolute Gasteiger partial charge is 0.101 e. The maximum Gasteiger partial charge on any atom is 0.101 e. The summed E-state index contributed by atoms with van der Waals surface area (Å²) in [5, 5.41) is 12.8. The van der Waals surface area contributed by atoms with Gasteiger partial charge in [-0.3, -0.25) is 0 Å². The number of nitrogens with one attached hydrogen (secondary N) is 1. The average molecular weight is 242 g/mol. The van der Waals surface area contributed by atoms with E-state index in [0.717, 1.165) is 16.8 Å². The second kappa shape index (κ2) is 5.91. The first kappa shape index (κ1) is 13.0. The van der Waals surface area contributed by atoms with Crippen LogP contribution in [0.2, 0.25) is 0 Å². The van der Waals surface area contributed by atoms with Crippen LogP contribution in [0, 0.1) is 24.2 Å². The molecule has 0 bridgehead atoms. The van der Waals surface area contributed by atoms with Gasteiger partial charge in [0, 0.05) is 6.04 Å². The molecule has 0 aromatic heterocycles. The SMILES string of the molecule is Cc1ccc(NC2CCCCCC2C)c(C#N)c1. The molecule has 1 aliphatic carbocycles. The number of benzene rings is 1. The molecule has 18 heavy (non-hydrogen) atoms. The molecule has 0 saturated heterocycles. The quantitative estimate of drug-likeness (QED) is 0.787. The summed E-state index contributed by atoms with van der Waals surface area (Å²) < 4.78 is 0.